The third-order valence-corrected chi connectivity index (χ3v) is 4.62. The van der Waals surface area contributed by atoms with Crippen LogP contribution in [0.1, 0.15) is 31.2 Å². The predicted molar refractivity (Wildman–Crippen MR) is 85.9 cm³/mol. The smallest absolute Gasteiger partial charge is 0.306 e. The highest BCUT2D eigenvalue weighted by atomic mass is 79.9. The summed E-state index contributed by atoms with van der Waals surface area (Å²) in [6.45, 7) is 0. The number of rotatable bonds is 6. The number of hydrogen-bond donors (Lipinski definition) is 2. The summed E-state index contributed by atoms with van der Waals surface area (Å²) in [5.41, 5.74) is 1.05. The molecule has 22 heavy (non-hydrogen) atoms. The molecule has 1 aromatic carbocycles. The molecule has 1 aromatic rings. The molecule has 1 aliphatic rings. The number of aliphatic carboxylic acids is 1. The molecule has 0 unspecified atom stereocenters. The lowest BCUT2D eigenvalue weighted by atomic mass is 10.1. The second kappa shape index (κ2) is 7.63. The Morgan fingerprint density at radius 1 is 1.41 bits per heavy atom. The number of halogens is 1. The number of ether oxygens (including phenoxy) is 1. The minimum Gasteiger partial charge on any atom is -0.496 e. The maximum atomic E-state index is 12.0. The van der Waals surface area contributed by atoms with Gasteiger partial charge in [-0.15, -0.1) is 0 Å². The number of carboxylic acids is 1. The molecule has 2 rings (SSSR count). The van der Waals surface area contributed by atoms with Crippen LogP contribution in [0.15, 0.2) is 22.7 Å². The first kappa shape index (κ1) is 16.8. The van der Waals surface area contributed by atoms with Crippen molar-refractivity contribution in [2.45, 2.75) is 38.1 Å². The van der Waals surface area contributed by atoms with Gasteiger partial charge in [0.2, 0.25) is 5.91 Å². The van der Waals surface area contributed by atoms with Crippen molar-refractivity contribution in [3.05, 3.63) is 28.2 Å². The van der Waals surface area contributed by atoms with E-state index >= 15 is 0 Å². The van der Waals surface area contributed by atoms with Crippen LogP contribution in [0.25, 0.3) is 0 Å². The van der Waals surface area contributed by atoms with E-state index in [9.17, 15) is 9.59 Å². The van der Waals surface area contributed by atoms with Gasteiger partial charge in [-0.2, -0.15) is 0 Å². The van der Waals surface area contributed by atoms with E-state index < -0.39 is 5.97 Å². The molecule has 1 fully saturated rings. The Bertz CT molecular complexity index is 561. The Morgan fingerprint density at radius 3 is 2.77 bits per heavy atom. The number of aryl methyl sites for hydroxylation is 1. The number of nitrogens with one attached hydrogen (secondary N) is 1. The number of methoxy groups -OCH3 is 1. The molecule has 1 saturated carbocycles. The molecule has 5 nitrogen and oxygen atoms in total. The van der Waals surface area contributed by atoms with E-state index in [0.717, 1.165) is 22.2 Å². The number of amides is 1. The number of carboxylic acid groups (broad SMARTS) is 1. The van der Waals surface area contributed by atoms with Crippen molar-refractivity contribution in [3.63, 3.8) is 0 Å². The van der Waals surface area contributed by atoms with E-state index in [2.05, 4.69) is 21.2 Å². The molecule has 6 heteroatoms. The van der Waals surface area contributed by atoms with Gasteiger partial charge < -0.3 is 15.2 Å². The first-order valence-corrected chi connectivity index (χ1v) is 8.13. The molecule has 0 heterocycles. The molecule has 1 aliphatic carbocycles. The molecule has 0 bridgehead atoms. The maximum Gasteiger partial charge on any atom is 0.306 e. The number of carbonyl (C=O) groups is 2. The molecule has 2 N–H and O–H groups in total. The monoisotopic (exact) mass is 369 g/mol. The average Bonchev–Trinajstić information content (AvgIpc) is 2.94. The van der Waals surface area contributed by atoms with Gasteiger partial charge in [-0.1, -0.05) is 6.07 Å². The van der Waals surface area contributed by atoms with Crippen molar-refractivity contribution in [3.8, 4) is 5.75 Å². The van der Waals surface area contributed by atoms with E-state index in [1.807, 2.05) is 18.2 Å². The highest BCUT2D eigenvalue weighted by Crippen LogP contribution is 2.27. The fraction of sp³-hybridized carbons (Fsp3) is 0.500. The van der Waals surface area contributed by atoms with E-state index in [1.165, 1.54) is 0 Å². The Labute approximate surface area is 138 Å². The Balaban J connectivity index is 1.78. The standard InChI is InChI=1S/C16H20BrNO4/c1-22-14-6-2-10(8-13(14)17)3-7-15(19)18-12-5-4-11(9-12)16(20)21/h2,6,8,11-12H,3-5,7,9H2,1H3,(H,18,19)(H,20,21)/t11-,12+/m0/s1. The fourth-order valence-electron chi connectivity index (χ4n) is 2.76. The molecule has 0 radical (unpaired) electrons. The quantitative estimate of drug-likeness (QED) is 0.808. The van der Waals surface area contributed by atoms with Gasteiger partial charge in [0.05, 0.1) is 17.5 Å². The van der Waals surface area contributed by atoms with Gasteiger partial charge in [-0.05, 0) is 59.3 Å². The number of benzene rings is 1. The van der Waals surface area contributed by atoms with Gasteiger partial charge in [0.25, 0.3) is 0 Å². The zero-order valence-corrected chi connectivity index (χ0v) is 14.1. The third-order valence-electron chi connectivity index (χ3n) is 4.00. The summed E-state index contributed by atoms with van der Waals surface area (Å²) < 4.78 is 6.04. The molecule has 1 amide bonds. The minimum atomic E-state index is -0.764. The van der Waals surface area contributed by atoms with Crippen molar-refractivity contribution in [2.75, 3.05) is 7.11 Å². The Kier molecular flexibility index (Phi) is 5.83. The van der Waals surface area contributed by atoms with Crippen molar-refractivity contribution < 1.29 is 19.4 Å². The maximum absolute atomic E-state index is 12.0. The number of carbonyl (C=O) groups excluding carboxylic acids is 1. The summed E-state index contributed by atoms with van der Waals surface area (Å²) in [6, 6.07) is 5.75. The van der Waals surface area contributed by atoms with E-state index in [4.69, 9.17) is 9.84 Å². The SMILES string of the molecule is COc1ccc(CCC(=O)N[C@@H]2CC[C@H](C(=O)O)C2)cc1Br. The van der Waals surface area contributed by atoms with Gasteiger partial charge in [-0.3, -0.25) is 9.59 Å². The van der Waals surface area contributed by atoms with Crippen LogP contribution in [-0.2, 0) is 16.0 Å². The summed E-state index contributed by atoms with van der Waals surface area (Å²) >= 11 is 3.42. The topological polar surface area (TPSA) is 75.6 Å². The number of hydrogen-bond acceptors (Lipinski definition) is 3. The molecule has 0 aliphatic heterocycles. The largest absolute Gasteiger partial charge is 0.496 e. The van der Waals surface area contributed by atoms with E-state index in [1.54, 1.807) is 7.11 Å². The first-order valence-electron chi connectivity index (χ1n) is 7.34. The summed E-state index contributed by atoms with van der Waals surface area (Å²) in [5, 5.41) is 11.9. The highest BCUT2D eigenvalue weighted by molar-refractivity contribution is 9.10. The Morgan fingerprint density at radius 2 is 2.18 bits per heavy atom. The normalized spacial score (nSPS) is 20.6. The second-order valence-corrected chi connectivity index (χ2v) is 6.44. The van der Waals surface area contributed by atoms with E-state index in [0.29, 0.717) is 25.7 Å². The lowest BCUT2D eigenvalue weighted by molar-refractivity contribution is -0.141. The summed E-state index contributed by atoms with van der Waals surface area (Å²) in [4.78, 5) is 22.9. The fourth-order valence-corrected chi connectivity index (χ4v) is 3.35. The molecular formula is C16H20BrNO4. The van der Waals surface area contributed by atoms with Crippen LogP contribution >= 0.6 is 15.9 Å². The van der Waals surface area contributed by atoms with Gasteiger partial charge >= 0.3 is 5.97 Å². The van der Waals surface area contributed by atoms with Crippen LogP contribution < -0.4 is 10.1 Å². The molecular weight excluding hydrogens is 350 g/mol. The predicted octanol–water partition coefficient (Wildman–Crippen LogP) is 2.76. The zero-order valence-electron chi connectivity index (χ0n) is 12.5. The highest BCUT2D eigenvalue weighted by Gasteiger charge is 2.30. The molecule has 2 atom stereocenters. The summed E-state index contributed by atoms with van der Waals surface area (Å²) in [7, 11) is 1.61. The molecule has 0 spiro atoms. The second-order valence-electron chi connectivity index (χ2n) is 5.58. The lowest BCUT2D eigenvalue weighted by Gasteiger charge is -2.12. The van der Waals surface area contributed by atoms with Gasteiger partial charge in [0.1, 0.15) is 5.75 Å². The van der Waals surface area contributed by atoms with Crippen molar-refractivity contribution in [1.82, 2.24) is 5.32 Å². The summed E-state index contributed by atoms with van der Waals surface area (Å²) in [5.74, 6) is -0.343. The minimum absolute atomic E-state index is 0.00352. The first-order chi connectivity index (χ1) is 10.5. The van der Waals surface area contributed by atoms with Crippen LogP contribution in [0.4, 0.5) is 0 Å². The van der Waals surface area contributed by atoms with Crippen molar-refractivity contribution in [2.24, 2.45) is 5.92 Å². The molecule has 0 saturated heterocycles. The van der Waals surface area contributed by atoms with Crippen LogP contribution in [0.2, 0.25) is 0 Å². The zero-order chi connectivity index (χ0) is 16.1. The average molecular weight is 370 g/mol. The van der Waals surface area contributed by atoms with Crippen LogP contribution in [-0.4, -0.2) is 30.1 Å². The van der Waals surface area contributed by atoms with E-state index in [-0.39, 0.29) is 17.9 Å². The van der Waals surface area contributed by atoms with Crippen molar-refractivity contribution >= 4 is 27.8 Å². The van der Waals surface area contributed by atoms with Gasteiger partial charge in [-0.25, -0.2) is 0 Å². The Hall–Kier alpha value is -1.56. The van der Waals surface area contributed by atoms with Crippen LogP contribution in [0.3, 0.4) is 0 Å². The van der Waals surface area contributed by atoms with Crippen LogP contribution in [0.5, 0.6) is 5.75 Å². The lowest BCUT2D eigenvalue weighted by Crippen LogP contribution is -2.33. The van der Waals surface area contributed by atoms with Gasteiger partial charge in [0.15, 0.2) is 0 Å². The van der Waals surface area contributed by atoms with Crippen LogP contribution in [0, 0.1) is 5.92 Å². The third kappa shape index (κ3) is 4.47. The molecule has 0 aromatic heterocycles. The van der Waals surface area contributed by atoms with Crippen molar-refractivity contribution in [1.29, 1.82) is 0 Å². The summed E-state index contributed by atoms with van der Waals surface area (Å²) in [6.07, 6.45) is 2.97. The molecule has 120 valence electrons. The van der Waals surface area contributed by atoms with Gasteiger partial charge in [0, 0.05) is 12.5 Å².